The van der Waals surface area contributed by atoms with Gasteiger partial charge in [-0.3, -0.25) is 0 Å². The number of nitrogen functional groups attached to an aromatic ring is 1. The van der Waals surface area contributed by atoms with Crippen LogP contribution in [0.25, 0.3) is 10.2 Å². The molecule has 20 heavy (non-hydrogen) atoms. The van der Waals surface area contributed by atoms with E-state index in [4.69, 9.17) is 10.5 Å². The van der Waals surface area contributed by atoms with Crippen LogP contribution in [0.15, 0.2) is 41.9 Å². The van der Waals surface area contributed by atoms with E-state index in [1.165, 1.54) is 0 Å². The van der Waals surface area contributed by atoms with Gasteiger partial charge in [-0.2, -0.15) is 0 Å². The van der Waals surface area contributed by atoms with Gasteiger partial charge in [0.1, 0.15) is 11.3 Å². The van der Waals surface area contributed by atoms with Crippen LogP contribution < -0.4 is 15.8 Å². The number of fused-ring (bicyclic) bond motifs is 1. The zero-order valence-corrected chi connectivity index (χ0v) is 11.9. The van der Waals surface area contributed by atoms with Gasteiger partial charge in [0.25, 0.3) is 0 Å². The van der Waals surface area contributed by atoms with E-state index in [-0.39, 0.29) is 0 Å². The molecule has 3 aromatic rings. The van der Waals surface area contributed by atoms with Gasteiger partial charge in [0.2, 0.25) is 0 Å². The van der Waals surface area contributed by atoms with Crippen LogP contribution in [0.2, 0.25) is 0 Å². The molecule has 0 aliphatic carbocycles. The Morgan fingerprint density at radius 2 is 2.20 bits per heavy atom. The first-order chi connectivity index (χ1) is 9.78. The molecule has 3 rings (SSSR count). The highest BCUT2D eigenvalue weighted by Crippen LogP contribution is 2.32. The molecule has 0 saturated carbocycles. The van der Waals surface area contributed by atoms with Crippen LogP contribution in [-0.2, 0) is 0 Å². The quantitative estimate of drug-likeness (QED) is 0.711. The number of anilines is 3. The number of ether oxygens (including phenoxy) is 1. The number of nitrogens with one attached hydrogen (secondary N) is 1. The van der Waals surface area contributed by atoms with Crippen molar-refractivity contribution in [3.63, 3.8) is 0 Å². The molecule has 0 fully saturated rings. The molecule has 5 heteroatoms. The Balaban J connectivity index is 1.92. The molecule has 0 spiro atoms. The Labute approximate surface area is 121 Å². The Morgan fingerprint density at radius 3 is 3.05 bits per heavy atom. The van der Waals surface area contributed by atoms with Gasteiger partial charge in [-0.1, -0.05) is 6.07 Å². The van der Waals surface area contributed by atoms with Gasteiger partial charge in [0.15, 0.2) is 0 Å². The molecule has 0 amide bonds. The van der Waals surface area contributed by atoms with Crippen molar-refractivity contribution in [1.82, 2.24) is 4.98 Å². The predicted molar refractivity (Wildman–Crippen MR) is 84.9 cm³/mol. The molecule has 102 valence electrons. The minimum absolute atomic E-state index is 0.649. The number of hydrogen-bond acceptors (Lipinski definition) is 5. The number of nitrogens with two attached hydrogens (primary N) is 1. The van der Waals surface area contributed by atoms with Gasteiger partial charge in [-0.05, 0) is 31.2 Å². The highest BCUT2D eigenvalue weighted by atomic mass is 32.1. The summed E-state index contributed by atoms with van der Waals surface area (Å²) in [6.07, 6.45) is 0. The molecule has 1 aromatic heterocycles. The van der Waals surface area contributed by atoms with Crippen LogP contribution in [-0.4, -0.2) is 11.6 Å². The van der Waals surface area contributed by atoms with Crippen molar-refractivity contribution >= 4 is 38.6 Å². The normalized spacial score (nSPS) is 10.7. The number of rotatable bonds is 4. The summed E-state index contributed by atoms with van der Waals surface area (Å²) in [5, 5.41) is 3.31. The second-order valence-electron chi connectivity index (χ2n) is 4.31. The van der Waals surface area contributed by atoms with Crippen LogP contribution in [0, 0.1) is 0 Å². The maximum absolute atomic E-state index is 6.16. The summed E-state index contributed by atoms with van der Waals surface area (Å²) in [4.78, 5) is 4.30. The molecule has 0 radical (unpaired) electrons. The van der Waals surface area contributed by atoms with Gasteiger partial charge < -0.3 is 15.8 Å². The van der Waals surface area contributed by atoms with Crippen molar-refractivity contribution in [2.24, 2.45) is 0 Å². The van der Waals surface area contributed by atoms with Crippen molar-refractivity contribution in [3.8, 4) is 5.75 Å². The molecule has 0 bridgehead atoms. The molecule has 0 unspecified atom stereocenters. The first-order valence-electron chi connectivity index (χ1n) is 6.39. The second kappa shape index (κ2) is 5.38. The van der Waals surface area contributed by atoms with E-state index in [1.807, 2.05) is 43.3 Å². The highest BCUT2D eigenvalue weighted by Gasteiger charge is 2.07. The maximum atomic E-state index is 6.16. The van der Waals surface area contributed by atoms with Gasteiger partial charge >= 0.3 is 0 Å². The van der Waals surface area contributed by atoms with Crippen LogP contribution in [0.5, 0.6) is 5.75 Å². The van der Waals surface area contributed by atoms with Crippen molar-refractivity contribution in [2.75, 3.05) is 17.7 Å². The fourth-order valence-corrected chi connectivity index (χ4v) is 2.74. The zero-order valence-electron chi connectivity index (χ0n) is 11.1. The van der Waals surface area contributed by atoms with E-state index in [0.29, 0.717) is 12.3 Å². The van der Waals surface area contributed by atoms with Gasteiger partial charge in [0.05, 0.1) is 28.2 Å². The summed E-state index contributed by atoms with van der Waals surface area (Å²) >= 11 is 1.59. The zero-order chi connectivity index (χ0) is 13.9. The largest absolute Gasteiger partial charge is 0.494 e. The Hall–Kier alpha value is -2.27. The van der Waals surface area contributed by atoms with E-state index in [0.717, 1.165) is 27.3 Å². The lowest BCUT2D eigenvalue weighted by Gasteiger charge is -2.11. The van der Waals surface area contributed by atoms with Crippen molar-refractivity contribution in [1.29, 1.82) is 0 Å². The standard InChI is InChI=1S/C15H15N3OS/c1-2-19-11-5-3-4-10(8-11)18-12-6-7-13-15(14(12)16)17-9-20-13/h3-9,18H,2,16H2,1H3. The lowest BCUT2D eigenvalue weighted by atomic mass is 10.2. The molecule has 0 atom stereocenters. The number of hydrogen-bond donors (Lipinski definition) is 2. The Morgan fingerprint density at radius 1 is 1.30 bits per heavy atom. The lowest BCUT2D eigenvalue weighted by molar-refractivity contribution is 0.340. The summed E-state index contributed by atoms with van der Waals surface area (Å²) in [6.45, 7) is 2.62. The summed E-state index contributed by atoms with van der Waals surface area (Å²) in [6, 6.07) is 11.8. The summed E-state index contributed by atoms with van der Waals surface area (Å²) in [5.41, 5.74) is 11.3. The van der Waals surface area contributed by atoms with Crippen molar-refractivity contribution in [3.05, 3.63) is 41.9 Å². The first kappa shape index (κ1) is 12.7. The molecule has 0 aliphatic rings. The average molecular weight is 285 g/mol. The molecule has 0 saturated heterocycles. The fourth-order valence-electron chi connectivity index (χ4n) is 2.05. The molecule has 4 nitrogen and oxygen atoms in total. The fraction of sp³-hybridized carbons (Fsp3) is 0.133. The van der Waals surface area contributed by atoms with E-state index in [1.54, 1.807) is 16.8 Å². The van der Waals surface area contributed by atoms with Crippen LogP contribution in [0.4, 0.5) is 17.1 Å². The van der Waals surface area contributed by atoms with E-state index < -0.39 is 0 Å². The Bertz CT molecular complexity index is 739. The van der Waals surface area contributed by atoms with Crippen LogP contribution in [0.3, 0.4) is 0 Å². The summed E-state index contributed by atoms with van der Waals surface area (Å²) in [5.74, 6) is 0.839. The highest BCUT2D eigenvalue weighted by molar-refractivity contribution is 7.16. The van der Waals surface area contributed by atoms with Gasteiger partial charge in [0, 0.05) is 11.8 Å². The smallest absolute Gasteiger partial charge is 0.121 e. The summed E-state index contributed by atoms with van der Waals surface area (Å²) < 4.78 is 6.58. The molecule has 2 aromatic carbocycles. The number of nitrogens with zero attached hydrogens (tertiary/aromatic N) is 1. The third-order valence-electron chi connectivity index (χ3n) is 2.97. The SMILES string of the molecule is CCOc1cccc(Nc2ccc3scnc3c2N)c1. The number of benzene rings is 2. The van der Waals surface area contributed by atoms with E-state index >= 15 is 0 Å². The minimum atomic E-state index is 0.649. The maximum Gasteiger partial charge on any atom is 0.121 e. The predicted octanol–water partition coefficient (Wildman–Crippen LogP) is 4.02. The minimum Gasteiger partial charge on any atom is -0.494 e. The molecular formula is C15H15N3OS. The number of thiazole rings is 1. The van der Waals surface area contributed by atoms with Gasteiger partial charge in [-0.25, -0.2) is 4.98 Å². The average Bonchev–Trinajstić information content (AvgIpc) is 2.92. The molecule has 3 N–H and O–H groups in total. The monoisotopic (exact) mass is 285 g/mol. The molecule has 1 heterocycles. The van der Waals surface area contributed by atoms with E-state index in [2.05, 4.69) is 10.3 Å². The molecule has 0 aliphatic heterocycles. The topological polar surface area (TPSA) is 60.2 Å². The number of aromatic nitrogens is 1. The van der Waals surface area contributed by atoms with E-state index in [9.17, 15) is 0 Å². The Kier molecular flexibility index (Phi) is 3.43. The van der Waals surface area contributed by atoms with Crippen molar-refractivity contribution in [2.45, 2.75) is 6.92 Å². The van der Waals surface area contributed by atoms with Gasteiger partial charge in [-0.15, -0.1) is 11.3 Å². The second-order valence-corrected chi connectivity index (χ2v) is 5.20. The summed E-state index contributed by atoms with van der Waals surface area (Å²) in [7, 11) is 0. The third-order valence-corrected chi connectivity index (χ3v) is 3.76. The van der Waals surface area contributed by atoms with Crippen LogP contribution in [0.1, 0.15) is 6.92 Å². The third kappa shape index (κ3) is 2.40. The molecular weight excluding hydrogens is 270 g/mol. The van der Waals surface area contributed by atoms with Crippen molar-refractivity contribution < 1.29 is 4.74 Å². The van der Waals surface area contributed by atoms with Crippen LogP contribution >= 0.6 is 11.3 Å². The first-order valence-corrected chi connectivity index (χ1v) is 7.27. The lowest BCUT2D eigenvalue weighted by Crippen LogP contribution is -1.98.